The van der Waals surface area contributed by atoms with Crippen molar-refractivity contribution in [2.75, 3.05) is 6.54 Å². The SMILES string of the molecule is Cc1ccccc1CN1CCC[C@@H]1C(=O)N[C@@H]1CCc2ccccc21. The number of carbonyl (C=O) groups is 1. The lowest BCUT2D eigenvalue weighted by Gasteiger charge is -2.26. The summed E-state index contributed by atoms with van der Waals surface area (Å²) in [5.74, 6) is 0.202. The average molecular weight is 334 g/mol. The van der Waals surface area contributed by atoms with E-state index in [0.29, 0.717) is 0 Å². The topological polar surface area (TPSA) is 32.3 Å². The minimum atomic E-state index is 0.00682. The fourth-order valence-electron chi connectivity index (χ4n) is 4.29. The third-order valence-electron chi connectivity index (χ3n) is 5.75. The van der Waals surface area contributed by atoms with Crippen molar-refractivity contribution in [3.05, 3.63) is 70.8 Å². The molecule has 4 rings (SSSR count). The van der Waals surface area contributed by atoms with Crippen molar-refractivity contribution in [3.8, 4) is 0 Å². The van der Waals surface area contributed by atoms with E-state index < -0.39 is 0 Å². The van der Waals surface area contributed by atoms with Crippen LogP contribution in [0.25, 0.3) is 0 Å². The first-order valence-corrected chi connectivity index (χ1v) is 9.39. The lowest BCUT2D eigenvalue weighted by molar-refractivity contribution is -0.126. The number of benzene rings is 2. The highest BCUT2D eigenvalue weighted by Crippen LogP contribution is 2.31. The van der Waals surface area contributed by atoms with Crippen LogP contribution in [0.1, 0.15) is 47.6 Å². The molecule has 0 bridgehead atoms. The van der Waals surface area contributed by atoms with Crippen molar-refractivity contribution in [1.29, 1.82) is 0 Å². The molecule has 1 saturated heterocycles. The van der Waals surface area contributed by atoms with Gasteiger partial charge in [-0.05, 0) is 61.4 Å². The Morgan fingerprint density at radius 2 is 1.92 bits per heavy atom. The molecule has 1 N–H and O–H groups in total. The van der Waals surface area contributed by atoms with Gasteiger partial charge in [-0.2, -0.15) is 0 Å². The first kappa shape index (κ1) is 16.3. The van der Waals surface area contributed by atoms with Crippen molar-refractivity contribution >= 4 is 5.91 Å². The van der Waals surface area contributed by atoms with E-state index in [4.69, 9.17) is 0 Å². The van der Waals surface area contributed by atoms with Gasteiger partial charge in [0.05, 0.1) is 12.1 Å². The quantitative estimate of drug-likeness (QED) is 0.923. The number of nitrogens with zero attached hydrogens (tertiary/aromatic N) is 1. The van der Waals surface area contributed by atoms with Crippen molar-refractivity contribution in [2.24, 2.45) is 0 Å². The van der Waals surface area contributed by atoms with Crippen LogP contribution in [0, 0.1) is 6.92 Å². The van der Waals surface area contributed by atoms with Gasteiger partial charge < -0.3 is 5.32 Å². The van der Waals surface area contributed by atoms with Gasteiger partial charge >= 0.3 is 0 Å². The zero-order valence-corrected chi connectivity index (χ0v) is 14.9. The third-order valence-corrected chi connectivity index (χ3v) is 5.75. The molecule has 0 aromatic heterocycles. The Morgan fingerprint density at radius 3 is 2.80 bits per heavy atom. The maximum absolute atomic E-state index is 12.9. The highest BCUT2D eigenvalue weighted by molar-refractivity contribution is 5.82. The number of fused-ring (bicyclic) bond motifs is 1. The lowest BCUT2D eigenvalue weighted by Crippen LogP contribution is -2.43. The summed E-state index contributed by atoms with van der Waals surface area (Å²) < 4.78 is 0. The van der Waals surface area contributed by atoms with Crippen molar-refractivity contribution in [3.63, 3.8) is 0 Å². The first-order valence-electron chi connectivity index (χ1n) is 9.39. The maximum Gasteiger partial charge on any atom is 0.237 e. The van der Waals surface area contributed by atoms with Crippen LogP contribution < -0.4 is 5.32 Å². The second kappa shape index (κ2) is 7.01. The van der Waals surface area contributed by atoms with E-state index in [1.165, 1.54) is 22.3 Å². The summed E-state index contributed by atoms with van der Waals surface area (Å²) in [5.41, 5.74) is 5.32. The molecular weight excluding hydrogens is 308 g/mol. The molecule has 1 aliphatic heterocycles. The van der Waals surface area contributed by atoms with E-state index in [9.17, 15) is 4.79 Å². The molecule has 0 unspecified atom stereocenters. The highest BCUT2D eigenvalue weighted by atomic mass is 16.2. The second-order valence-electron chi connectivity index (χ2n) is 7.35. The number of nitrogens with one attached hydrogen (secondary N) is 1. The monoisotopic (exact) mass is 334 g/mol. The smallest absolute Gasteiger partial charge is 0.237 e. The molecule has 25 heavy (non-hydrogen) atoms. The summed E-state index contributed by atoms with van der Waals surface area (Å²) in [6.07, 6.45) is 4.16. The van der Waals surface area contributed by atoms with Gasteiger partial charge in [0, 0.05) is 6.54 Å². The molecule has 2 aromatic rings. The van der Waals surface area contributed by atoms with Crippen LogP contribution in [0.2, 0.25) is 0 Å². The molecule has 0 radical (unpaired) electrons. The molecule has 1 aliphatic carbocycles. The summed E-state index contributed by atoms with van der Waals surface area (Å²) in [6, 6.07) is 17.2. The molecule has 2 atom stereocenters. The minimum Gasteiger partial charge on any atom is -0.348 e. The number of hydrogen-bond donors (Lipinski definition) is 1. The van der Waals surface area contributed by atoms with Crippen LogP contribution >= 0.6 is 0 Å². The van der Waals surface area contributed by atoms with Gasteiger partial charge in [0.1, 0.15) is 0 Å². The Bertz CT molecular complexity index is 770. The molecule has 0 spiro atoms. The molecular formula is C22H26N2O. The zero-order valence-electron chi connectivity index (χ0n) is 14.9. The van der Waals surface area contributed by atoms with E-state index in [1.807, 2.05) is 0 Å². The first-order chi connectivity index (χ1) is 12.2. The van der Waals surface area contributed by atoms with Gasteiger partial charge in [0.25, 0.3) is 0 Å². The van der Waals surface area contributed by atoms with Crippen molar-refractivity contribution in [2.45, 2.75) is 51.2 Å². The number of aryl methyl sites for hydroxylation is 2. The molecule has 3 heteroatoms. The molecule has 130 valence electrons. The van der Waals surface area contributed by atoms with Gasteiger partial charge in [-0.25, -0.2) is 0 Å². The summed E-state index contributed by atoms with van der Waals surface area (Å²) in [7, 11) is 0. The molecule has 1 amide bonds. The fourth-order valence-corrected chi connectivity index (χ4v) is 4.29. The number of hydrogen-bond acceptors (Lipinski definition) is 2. The molecule has 1 fully saturated rings. The molecule has 0 saturated carbocycles. The molecule has 3 nitrogen and oxygen atoms in total. The Balaban J connectivity index is 1.44. The lowest BCUT2D eigenvalue weighted by atomic mass is 10.1. The standard InChI is InChI=1S/C22H26N2O/c1-16-7-2-3-9-18(16)15-24-14-6-11-21(24)22(25)23-20-13-12-17-8-4-5-10-19(17)20/h2-5,7-10,20-21H,6,11-15H2,1H3,(H,23,25)/t20-,21-/m1/s1. The number of likely N-dealkylation sites (tertiary alicyclic amines) is 1. The number of carbonyl (C=O) groups excluding carboxylic acids is 1. The second-order valence-corrected chi connectivity index (χ2v) is 7.35. The van der Waals surface area contributed by atoms with Crippen LogP contribution in [0.4, 0.5) is 0 Å². The van der Waals surface area contributed by atoms with Gasteiger partial charge in [0.15, 0.2) is 0 Å². The van der Waals surface area contributed by atoms with E-state index in [2.05, 4.69) is 65.7 Å². The van der Waals surface area contributed by atoms with Crippen molar-refractivity contribution < 1.29 is 4.79 Å². The zero-order chi connectivity index (χ0) is 17.2. The Labute approximate surface area is 150 Å². The van der Waals surface area contributed by atoms with Gasteiger partial charge in [-0.1, -0.05) is 48.5 Å². The van der Waals surface area contributed by atoms with Gasteiger partial charge in [-0.3, -0.25) is 9.69 Å². The minimum absolute atomic E-state index is 0.00682. The fraction of sp³-hybridized carbons (Fsp3) is 0.409. The summed E-state index contributed by atoms with van der Waals surface area (Å²) in [4.78, 5) is 15.3. The van der Waals surface area contributed by atoms with E-state index in [0.717, 1.165) is 38.8 Å². The predicted molar refractivity (Wildman–Crippen MR) is 100 cm³/mol. The Morgan fingerprint density at radius 1 is 1.12 bits per heavy atom. The van der Waals surface area contributed by atoms with Crippen LogP contribution in [0.3, 0.4) is 0 Å². The number of rotatable bonds is 4. The van der Waals surface area contributed by atoms with E-state index >= 15 is 0 Å². The third kappa shape index (κ3) is 3.34. The summed E-state index contributed by atoms with van der Waals surface area (Å²) in [5, 5.41) is 3.33. The highest BCUT2D eigenvalue weighted by Gasteiger charge is 2.33. The average Bonchev–Trinajstić information content (AvgIpc) is 3.24. The Kier molecular flexibility index (Phi) is 4.58. The predicted octanol–water partition coefficient (Wildman–Crippen LogP) is 3.76. The van der Waals surface area contributed by atoms with Crippen LogP contribution in [-0.4, -0.2) is 23.4 Å². The molecule has 2 aliphatic rings. The van der Waals surface area contributed by atoms with Gasteiger partial charge in [-0.15, -0.1) is 0 Å². The van der Waals surface area contributed by atoms with Crippen LogP contribution in [-0.2, 0) is 17.8 Å². The Hall–Kier alpha value is -2.13. The summed E-state index contributed by atoms with van der Waals surface area (Å²) in [6.45, 7) is 4.02. The van der Waals surface area contributed by atoms with E-state index in [-0.39, 0.29) is 18.0 Å². The van der Waals surface area contributed by atoms with Crippen LogP contribution in [0.5, 0.6) is 0 Å². The van der Waals surface area contributed by atoms with Gasteiger partial charge in [0.2, 0.25) is 5.91 Å². The molecule has 1 heterocycles. The summed E-state index contributed by atoms with van der Waals surface area (Å²) >= 11 is 0. The molecule has 2 aromatic carbocycles. The number of amides is 1. The maximum atomic E-state index is 12.9. The van der Waals surface area contributed by atoms with E-state index in [1.54, 1.807) is 0 Å². The van der Waals surface area contributed by atoms with Crippen LogP contribution in [0.15, 0.2) is 48.5 Å². The largest absolute Gasteiger partial charge is 0.348 e. The van der Waals surface area contributed by atoms with Crippen molar-refractivity contribution in [1.82, 2.24) is 10.2 Å². The normalized spacial score (nSPS) is 22.8.